The van der Waals surface area contributed by atoms with E-state index in [4.69, 9.17) is 0 Å². The second-order valence-corrected chi connectivity index (χ2v) is 6.37. The summed E-state index contributed by atoms with van der Waals surface area (Å²) < 4.78 is 13.1. The Morgan fingerprint density at radius 3 is 2.35 bits per heavy atom. The van der Waals surface area contributed by atoms with E-state index in [1.165, 1.54) is 31.2 Å². The fourth-order valence-electron chi connectivity index (χ4n) is 4.17. The Kier molecular flexibility index (Phi) is 4.08. The quantitative estimate of drug-likeness (QED) is 0.907. The first-order valence-corrected chi connectivity index (χ1v) is 7.89. The van der Waals surface area contributed by atoms with Gasteiger partial charge in [0.1, 0.15) is 5.82 Å². The smallest absolute Gasteiger partial charge is 0.123 e. The van der Waals surface area contributed by atoms with Crippen molar-refractivity contribution >= 4 is 0 Å². The Hall–Kier alpha value is -0.930. The molecule has 2 heterocycles. The van der Waals surface area contributed by atoms with Gasteiger partial charge in [-0.3, -0.25) is 0 Å². The molecule has 0 radical (unpaired) electrons. The molecule has 3 unspecified atom stereocenters. The van der Waals surface area contributed by atoms with Gasteiger partial charge >= 0.3 is 0 Å². The highest BCUT2D eigenvalue weighted by Crippen LogP contribution is 2.42. The third-order valence-electron chi connectivity index (χ3n) is 5.26. The summed E-state index contributed by atoms with van der Waals surface area (Å²) in [5.74, 6) is 0.529. The number of hydrogen-bond donors (Lipinski definition) is 1. The van der Waals surface area contributed by atoms with Crippen LogP contribution in [0.1, 0.15) is 44.2 Å². The molecule has 0 saturated carbocycles. The average Bonchev–Trinajstić information content (AvgIpc) is 2.67. The lowest BCUT2D eigenvalue weighted by Gasteiger charge is -2.40. The van der Waals surface area contributed by atoms with Gasteiger partial charge in [-0.15, -0.1) is 0 Å². The summed E-state index contributed by atoms with van der Waals surface area (Å²) in [4.78, 5) is 2.57. The number of hydrogen-bond acceptors (Lipinski definition) is 2. The normalized spacial score (nSPS) is 31.4. The maximum atomic E-state index is 13.1. The Morgan fingerprint density at radius 1 is 1.20 bits per heavy atom. The highest BCUT2D eigenvalue weighted by molar-refractivity contribution is 5.21. The van der Waals surface area contributed by atoms with Crippen molar-refractivity contribution in [1.29, 1.82) is 0 Å². The van der Waals surface area contributed by atoms with Crippen molar-refractivity contribution in [3.05, 3.63) is 35.6 Å². The minimum Gasteiger partial charge on any atom is -0.310 e. The van der Waals surface area contributed by atoms with Gasteiger partial charge in [-0.25, -0.2) is 4.39 Å². The summed E-state index contributed by atoms with van der Waals surface area (Å²) in [6.45, 7) is 3.11. The minimum absolute atomic E-state index is 0.146. The van der Waals surface area contributed by atoms with Crippen LogP contribution in [-0.4, -0.2) is 30.6 Å². The van der Waals surface area contributed by atoms with Gasteiger partial charge in [-0.2, -0.15) is 0 Å². The molecule has 2 aliphatic heterocycles. The van der Waals surface area contributed by atoms with Gasteiger partial charge in [0, 0.05) is 18.1 Å². The molecule has 0 amide bonds. The van der Waals surface area contributed by atoms with Gasteiger partial charge < -0.3 is 10.2 Å². The monoisotopic (exact) mass is 276 g/mol. The molecule has 20 heavy (non-hydrogen) atoms. The highest BCUT2D eigenvalue weighted by atomic mass is 19.1. The van der Waals surface area contributed by atoms with Gasteiger partial charge in [0.15, 0.2) is 0 Å². The third-order valence-corrected chi connectivity index (χ3v) is 5.26. The van der Waals surface area contributed by atoms with Crippen molar-refractivity contribution in [2.24, 2.45) is 5.92 Å². The molecule has 0 aliphatic carbocycles. The van der Waals surface area contributed by atoms with Crippen LogP contribution in [0.4, 0.5) is 4.39 Å². The van der Waals surface area contributed by atoms with Gasteiger partial charge in [-0.05, 0) is 62.9 Å². The molecule has 1 N–H and O–H groups in total. The molecular weight excluding hydrogens is 251 g/mol. The summed E-state index contributed by atoms with van der Waals surface area (Å²) in [6.07, 6.45) is 5.23. The lowest BCUT2D eigenvalue weighted by molar-refractivity contribution is 0.113. The topological polar surface area (TPSA) is 15.3 Å². The molecule has 1 aromatic carbocycles. The highest BCUT2D eigenvalue weighted by Gasteiger charge is 2.41. The van der Waals surface area contributed by atoms with E-state index in [0.717, 1.165) is 18.6 Å². The van der Waals surface area contributed by atoms with E-state index in [2.05, 4.69) is 24.2 Å². The van der Waals surface area contributed by atoms with E-state index in [1.807, 2.05) is 12.1 Å². The van der Waals surface area contributed by atoms with E-state index in [0.29, 0.717) is 12.0 Å². The lowest BCUT2D eigenvalue weighted by Crippen LogP contribution is -2.43. The summed E-state index contributed by atoms with van der Waals surface area (Å²) >= 11 is 0. The maximum Gasteiger partial charge on any atom is 0.123 e. The van der Waals surface area contributed by atoms with E-state index in [1.54, 1.807) is 12.1 Å². The van der Waals surface area contributed by atoms with E-state index in [-0.39, 0.29) is 5.82 Å². The molecule has 0 spiro atoms. The third kappa shape index (κ3) is 2.61. The second-order valence-electron chi connectivity index (χ2n) is 6.37. The van der Waals surface area contributed by atoms with Gasteiger partial charge in [0.2, 0.25) is 0 Å². The molecule has 3 heteroatoms. The number of nitrogens with zero attached hydrogens (tertiary/aromatic N) is 1. The summed E-state index contributed by atoms with van der Waals surface area (Å²) in [5, 5.41) is 3.63. The van der Waals surface area contributed by atoms with E-state index < -0.39 is 0 Å². The molecule has 2 fully saturated rings. The number of piperidine rings is 1. The average molecular weight is 276 g/mol. The van der Waals surface area contributed by atoms with Crippen molar-refractivity contribution < 1.29 is 4.39 Å². The van der Waals surface area contributed by atoms with E-state index >= 15 is 0 Å². The minimum atomic E-state index is -0.146. The first kappa shape index (κ1) is 14.0. The van der Waals surface area contributed by atoms with Crippen molar-refractivity contribution in [3.8, 4) is 0 Å². The summed E-state index contributed by atoms with van der Waals surface area (Å²) in [6, 6.07) is 8.94. The SMILES string of the molecule is CCNC(c1ccc(F)cc1)C1CC2CCC(C1)N2C. The fourth-order valence-corrected chi connectivity index (χ4v) is 4.17. The zero-order chi connectivity index (χ0) is 14.1. The van der Waals surface area contributed by atoms with Gasteiger partial charge in [0.05, 0.1) is 0 Å². The van der Waals surface area contributed by atoms with Crippen molar-refractivity contribution in [3.63, 3.8) is 0 Å². The van der Waals surface area contributed by atoms with Crippen LogP contribution in [0.2, 0.25) is 0 Å². The second kappa shape index (κ2) is 5.82. The van der Waals surface area contributed by atoms with Crippen LogP contribution >= 0.6 is 0 Å². The Labute approximate surface area is 121 Å². The molecule has 1 aromatic rings. The lowest BCUT2D eigenvalue weighted by atomic mass is 9.82. The first-order chi connectivity index (χ1) is 9.69. The standard InChI is InChI=1S/C17H25FN2/c1-3-19-17(12-4-6-14(18)7-5-12)13-10-15-8-9-16(11-13)20(15)2/h4-7,13,15-17,19H,3,8-11H2,1-2H3. The van der Waals surface area contributed by atoms with Crippen molar-refractivity contribution in [2.45, 2.75) is 50.7 Å². The fraction of sp³-hybridized carbons (Fsp3) is 0.647. The molecule has 2 aliphatic rings. The molecule has 2 bridgehead atoms. The van der Waals surface area contributed by atoms with Crippen molar-refractivity contribution in [2.75, 3.05) is 13.6 Å². The van der Waals surface area contributed by atoms with Gasteiger partial charge in [0.25, 0.3) is 0 Å². The number of rotatable bonds is 4. The molecule has 110 valence electrons. The van der Waals surface area contributed by atoms with Crippen LogP contribution in [0.15, 0.2) is 24.3 Å². The predicted molar refractivity (Wildman–Crippen MR) is 80.1 cm³/mol. The number of nitrogens with one attached hydrogen (secondary N) is 1. The molecular formula is C17H25FN2. The maximum absolute atomic E-state index is 13.1. The van der Waals surface area contributed by atoms with Crippen LogP contribution < -0.4 is 5.32 Å². The molecule has 0 aromatic heterocycles. The first-order valence-electron chi connectivity index (χ1n) is 7.89. The molecule has 2 saturated heterocycles. The van der Waals surface area contributed by atoms with Gasteiger partial charge in [-0.1, -0.05) is 19.1 Å². The molecule has 3 atom stereocenters. The summed E-state index contributed by atoms with van der Waals surface area (Å²) in [7, 11) is 2.28. The number of fused-ring (bicyclic) bond motifs is 2. The zero-order valence-corrected chi connectivity index (χ0v) is 12.5. The van der Waals surface area contributed by atoms with Crippen LogP contribution in [0.25, 0.3) is 0 Å². The Balaban J connectivity index is 1.79. The number of halogens is 1. The zero-order valence-electron chi connectivity index (χ0n) is 12.5. The largest absolute Gasteiger partial charge is 0.310 e. The van der Waals surface area contributed by atoms with Crippen LogP contribution in [0, 0.1) is 11.7 Å². The number of benzene rings is 1. The van der Waals surface area contributed by atoms with Crippen LogP contribution in [-0.2, 0) is 0 Å². The molecule has 2 nitrogen and oxygen atoms in total. The van der Waals surface area contributed by atoms with E-state index in [9.17, 15) is 4.39 Å². The Morgan fingerprint density at radius 2 is 1.80 bits per heavy atom. The van der Waals surface area contributed by atoms with Crippen molar-refractivity contribution in [1.82, 2.24) is 10.2 Å². The van der Waals surface area contributed by atoms with Crippen LogP contribution in [0.5, 0.6) is 0 Å². The van der Waals surface area contributed by atoms with Crippen LogP contribution in [0.3, 0.4) is 0 Å². The predicted octanol–water partition coefficient (Wildman–Crippen LogP) is 3.35. The summed E-state index contributed by atoms with van der Waals surface area (Å²) in [5.41, 5.74) is 1.24. The Bertz CT molecular complexity index is 431. The molecule has 3 rings (SSSR count).